The Kier molecular flexibility index (Phi) is 2.66. The summed E-state index contributed by atoms with van der Waals surface area (Å²) in [7, 11) is 0. The van der Waals surface area contributed by atoms with Crippen molar-refractivity contribution in [1.82, 2.24) is 10.1 Å². The number of hydrogen-bond donors (Lipinski definition) is 0. The van der Waals surface area contributed by atoms with Crippen LogP contribution in [0.15, 0.2) is 21.3 Å². The van der Waals surface area contributed by atoms with E-state index in [2.05, 4.69) is 10.1 Å². The van der Waals surface area contributed by atoms with E-state index in [9.17, 15) is 4.79 Å². The molecule has 0 unspecified atom stereocenters. The summed E-state index contributed by atoms with van der Waals surface area (Å²) >= 11 is 1.59. The highest BCUT2D eigenvalue weighted by Crippen LogP contribution is 2.50. The van der Waals surface area contributed by atoms with Crippen LogP contribution in [0.5, 0.6) is 0 Å². The molecule has 1 aliphatic heterocycles. The molecule has 0 aromatic carbocycles. The average Bonchev–Trinajstić information content (AvgIpc) is 3.18. The molecule has 2 fully saturated rings. The van der Waals surface area contributed by atoms with E-state index in [-0.39, 0.29) is 11.9 Å². The van der Waals surface area contributed by atoms with Crippen molar-refractivity contribution in [3.63, 3.8) is 0 Å². The molecule has 1 saturated carbocycles. The lowest BCUT2D eigenvalue weighted by molar-refractivity contribution is -0.148. The minimum Gasteiger partial charge on any atom is -0.458 e. The molecule has 20 heavy (non-hydrogen) atoms. The van der Waals surface area contributed by atoms with Gasteiger partial charge in [-0.25, -0.2) is 0 Å². The Hall–Kier alpha value is -1.69. The van der Waals surface area contributed by atoms with Gasteiger partial charge in [0.2, 0.25) is 11.7 Å². The fourth-order valence-electron chi connectivity index (χ4n) is 3.31. The highest BCUT2D eigenvalue weighted by Gasteiger charge is 2.53. The van der Waals surface area contributed by atoms with Crippen molar-refractivity contribution >= 4 is 17.3 Å². The van der Waals surface area contributed by atoms with Crippen LogP contribution in [-0.2, 0) is 9.53 Å². The quantitative estimate of drug-likeness (QED) is 0.795. The minimum absolute atomic E-state index is 0.0858. The minimum atomic E-state index is -0.393. The lowest BCUT2D eigenvalue weighted by Gasteiger charge is -2.26. The third-order valence-electron chi connectivity index (χ3n) is 4.29. The Bertz CT molecular complexity index is 629. The van der Waals surface area contributed by atoms with Gasteiger partial charge in [-0.15, -0.1) is 0 Å². The average molecular weight is 290 g/mol. The van der Waals surface area contributed by atoms with E-state index in [1.54, 1.807) is 11.3 Å². The number of esters is 1. The molecule has 0 amide bonds. The van der Waals surface area contributed by atoms with Crippen molar-refractivity contribution in [2.24, 2.45) is 0 Å². The normalized spacial score (nSPS) is 24.4. The summed E-state index contributed by atoms with van der Waals surface area (Å²) in [6.07, 6.45) is 4.34. The smallest absolute Gasteiger partial charge is 0.307 e. The summed E-state index contributed by atoms with van der Waals surface area (Å²) < 4.78 is 11.0. The summed E-state index contributed by atoms with van der Waals surface area (Å²) in [4.78, 5) is 16.2. The first-order valence-electron chi connectivity index (χ1n) is 6.85. The Labute approximate surface area is 119 Å². The summed E-state index contributed by atoms with van der Waals surface area (Å²) in [5, 5.41) is 8.00. The molecule has 2 aromatic rings. The second kappa shape index (κ2) is 4.41. The number of aromatic nitrogens is 2. The van der Waals surface area contributed by atoms with Crippen LogP contribution < -0.4 is 0 Å². The van der Waals surface area contributed by atoms with Crippen LogP contribution in [-0.4, -0.2) is 21.7 Å². The van der Waals surface area contributed by atoms with Crippen LogP contribution >= 0.6 is 11.3 Å². The fraction of sp³-hybridized carbons (Fsp3) is 0.500. The first kappa shape index (κ1) is 12.1. The molecule has 0 radical (unpaired) electrons. The van der Waals surface area contributed by atoms with Gasteiger partial charge in [0, 0.05) is 10.9 Å². The van der Waals surface area contributed by atoms with E-state index in [0.29, 0.717) is 18.1 Å². The van der Waals surface area contributed by atoms with Crippen LogP contribution in [0.25, 0.3) is 11.4 Å². The Morgan fingerprint density at radius 3 is 2.95 bits per heavy atom. The molecular formula is C14H14N2O3S. The van der Waals surface area contributed by atoms with Gasteiger partial charge in [-0.1, -0.05) is 5.16 Å². The van der Waals surface area contributed by atoms with Gasteiger partial charge < -0.3 is 9.26 Å². The molecule has 5 nitrogen and oxygen atoms in total. The van der Waals surface area contributed by atoms with Crippen LogP contribution in [0, 0.1) is 0 Å². The zero-order valence-corrected chi connectivity index (χ0v) is 11.7. The van der Waals surface area contributed by atoms with Gasteiger partial charge >= 0.3 is 5.97 Å². The number of ether oxygens (including phenoxy) is 1. The third kappa shape index (κ3) is 1.78. The van der Waals surface area contributed by atoms with Gasteiger partial charge in [-0.2, -0.15) is 16.3 Å². The highest BCUT2D eigenvalue weighted by atomic mass is 32.1. The maximum absolute atomic E-state index is 11.7. The number of hydrogen-bond acceptors (Lipinski definition) is 6. The third-order valence-corrected chi connectivity index (χ3v) is 4.98. The zero-order chi connectivity index (χ0) is 13.6. The lowest BCUT2D eigenvalue weighted by atomic mass is 9.86. The fourth-order valence-corrected chi connectivity index (χ4v) is 3.95. The first-order chi connectivity index (χ1) is 9.77. The van der Waals surface area contributed by atoms with Gasteiger partial charge in [0.25, 0.3) is 0 Å². The largest absolute Gasteiger partial charge is 0.458 e. The number of carbonyl (C=O) groups excluding carboxylic acids is 1. The monoisotopic (exact) mass is 290 g/mol. The van der Waals surface area contributed by atoms with Gasteiger partial charge in [0.1, 0.15) is 5.60 Å². The zero-order valence-electron chi connectivity index (χ0n) is 10.9. The van der Waals surface area contributed by atoms with Crippen molar-refractivity contribution in [3.05, 3.63) is 22.7 Å². The van der Waals surface area contributed by atoms with Crippen LogP contribution in [0.2, 0.25) is 0 Å². The molecule has 0 N–H and O–H groups in total. The molecule has 1 saturated heterocycles. The summed E-state index contributed by atoms with van der Waals surface area (Å²) in [6, 6.07) is 1.96. The summed E-state index contributed by atoms with van der Waals surface area (Å²) in [5.74, 6) is 0.900. The highest BCUT2D eigenvalue weighted by molar-refractivity contribution is 7.08. The predicted octanol–water partition coefficient (Wildman–Crippen LogP) is 3.14. The van der Waals surface area contributed by atoms with Crippen LogP contribution in [0.4, 0.5) is 0 Å². The molecule has 0 bridgehead atoms. The van der Waals surface area contributed by atoms with E-state index in [0.717, 1.165) is 31.2 Å². The molecular weight excluding hydrogens is 276 g/mol. The van der Waals surface area contributed by atoms with Gasteiger partial charge in [-0.3, -0.25) is 4.79 Å². The van der Waals surface area contributed by atoms with Crippen LogP contribution in [0.3, 0.4) is 0 Å². The van der Waals surface area contributed by atoms with E-state index in [1.807, 2.05) is 16.8 Å². The second-order valence-electron chi connectivity index (χ2n) is 5.47. The molecule has 2 aromatic heterocycles. The van der Waals surface area contributed by atoms with E-state index in [4.69, 9.17) is 9.26 Å². The van der Waals surface area contributed by atoms with E-state index >= 15 is 0 Å². The van der Waals surface area contributed by atoms with Gasteiger partial charge in [0.05, 0.1) is 12.3 Å². The number of thiophene rings is 1. The summed E-state index contributed by atoms with van der Waals surface area (Å²) in [5.41, 5.74) is 0.561. The number of rotatable bonds is 2. The van der Waals surface area contributed by atoms with E-state index in [1.165, 1.54) is 0 Å². The van der Waals surface area contributed by atoms with Crippen molar-refractivity contribution in [3.8, 4) is 11.4 Å². The number of nitrogens with zero attached hydrogens (tertiary/aromatic N) is 2. The Morgan fingerprint density at radius 2 is 2.20 bits per heavy atom. The first-order valence-corrected chi connectivity index (χ1v) is 7.79. The van der Waals surface area contributed by atoms with Gasteiger partial charge in [-0.05, 0) is 37.1 Å². The standard InChI is InChI=1S/C14H14N2O3S/c17-11-7-10(14(18-11)4-1-2-5-14)13-15-12(16-19-13)9-3-6-20-8-9/h3,6,8,10H,1-2,4-5,7H2/t10-/m0/s1. The van der Waals surface area contributed by atoms with Gasteiger partial charge in [0.15, 0.2) is 0 Å². The maximum atomic E-state index is 11.7. The topological polar surface area (TPSA) is 65.2 Å². The van der Waals surface area contributed by atoms with Crippen LogP contribution in [0.1, 0.15) is 43.9 Å². The van der Waals surface area contributed by atoms with Crippen molar-refractivity contribution in [2.75, 3.05) is 0 Å². The predicted molar refractivity (Wildman–Crippen MR) is 72.3 cm³/mol. The van der Waals surface area contributed by atoms with E-state index < -0.39 is 5.60 Å². The Morgan fingerprint density at radius 1 is 1.35 bits per heavy atom. The SMILES string of the molecule is O=C1C[C@@H](c2nc(-c3ccsc3)no2)C2(CCCC2)O1. The summed E-state index contributed by atoms with van der Waals surface area (Å²) in [6.45, 7) is 0. The molecule has 1 aliphatic carbocycles. The number of carbonyl (C=O) groups is 1. The molecule has 1 atom stereocenters. The molecule has 104 valence electrons. The van der Waals surface area contributed by atoms with Crippen molar-refractivity contribution in [1.29, 1.82) is 0 Å². The molecule has 3 heterocycles. The lowest BCUT2D eigenvalue weighted by Crippen LogP contribution is -2.30. The molecule has 6 heteroatoms. The maximum Gasteiger partial charge on any atom is 0.307 e. The molecule has 2 aliphatic rings. The Balaban J connectivity index is 1.68. The van der Waals surface area contributed by atoms with Crippen molar-refractivity contribution < 1.29 is 14.1 Å². The second-order valence-corrected chi connectivity index (χ2v) is 6.25. The molecule has 4 rings (SSSR count). The molecule has 1 spiro atoms. The van der Waals surface area contributed by atoms with Crippen molar-refractivity contribution in [2.45, 2.75) is 43.6 Å².